The van der Waals surface area contributed by atoms with E-state index in [-0.39, 0.29) is 11.7 Å². The van der Waals surface area contributed by atoms with Gasteiger partial charge in [0.05, 0.1) is 0 Å². The predicted molar refractivity (Wildman–Crippen MR) is 103 cm³/mol. The third-order valence-corrected chi connectivity index (χ3v) is 3.88. The van der Waals surface area contributed by atoms with Gasteiger partial charge in [0.1, 0.15) is 5.82 Å². The van der Waals surface area contributed by atoms with Crippen LogP contribution in [-0.2, 0) is 11.3 Å². The lowest BCUT2D eigenvalue weighted by Gasteiger charge is -2.24. The number of hydrogen-bond acceptors (Lipinski definition) is 2. The summed E-state index contributed by atoms with van der Waals surface area (Å²) in [5.74, 6) is -0.609. The lowest BCUT2D eigenvalue weighted by atomic mass is 10.2. The quantitative estimate of drug-likeness (QED) is 0.623. The lowest BCUT2D eigenvalue weighted by molar-refractivity contribution is -0.115. The summed E-state index contributed by atoms with van der Waals surface area (Å²) in [7, 11) is 0. The number of amides is 1. The molecule has 2 aromatic rings. The second-order valence-electron chi connectivity index (χ2n) is 5.59. The van der Waals surface area contributed by atoms with Gasteiger partial charge in [-0.2, -0.15) is 0 Å². The molecule has 0 aliphatic carbocycles. The van der Waals surface area contributed by atoms with Crippen LogP contribution >= 0.6 is 12.2 Å². The van der Waals surface area contributed by atoms with Crippen LogP contribution < -0.4 is 5.32 Å². The number of halogens is 1. The number of hydrogen-bond donors (Lipinski definition) is 1. The summed E-state index contributed by atoms with van der Waals surface area (Å²) < 4.78 is 12.9. The first-order valence-electron chi connectivity index (χ1n) is 8.16. The number of thiocarbonyl (C=S) groups is 1. The molecule has 0 spiro atoms. The second kappa shape index (κ2) is 9.69. The summed E-state index contributed by atoms with van der Waals surface area (Å²) >= 11 is 5.37. The fourth-order valence-electron chi connectivity index (χ4n) is 2.30. The van der Waals surface area contributed by atoms with Crippen molar-refractivity contribution in [1.29, 1.82) is 0 Å². The minimum atomic E-state index is -0.307. The van der Waals surface area contributed by atoms with Crippen LogP contribution in [0.4, 0.5) is 4.39 Å². The molecule has 0 unspecified atom stereocenters. The summed E-state index contributed by atoms with van der Waals surface area (Å²) in [4.78, 5) is 14.0. The van der Waals surface area contributed by atoms with Crippen LogP contribution in [0.2, 0.25) is 0 Å². The zero-order chi connectivity index (χ0) is 18.1. The van der Waals surface area contributed by atoms with Crippen LogP contribution in [0.1, 0.15) is 24.5 Å². The highest BCUT2D eigenvalue weighted by Gasteiger charge is 2.11. The number of benzene rings is 2. The fourth-order valence-corrected chi connectivity index (χ4v) is 2.55. The van der Waals surface area contributed by atoms with Gasteiger partial charge in [-0.3, -0.25) is 10.1 Å². The molecule has 1 amide bonds. The largest absolute Gasteiger partial charge is 0.345 e. The number of nitrogens with one attached hydrogen (secondary N) is 1. The maximum atomic E-state index is 12.9. The molecule has 0 bridgehead atoms. The highest BCUT2D eigenvalue weighted by molar-refractivity contribution is 7.80. The molecule has 5 heteroatoms. The van der Waals surface area contributed by atoms with Gasteiger partial charge in [-0.15, -0.1) is 0 Å². The third-order valence-electron chi connectivity index (χ3n) is 3.52. The minimum absolute atomic E-state index is 0.302. The Morgan fingerprint density at radius 3 is 2.48 bits per heavy atom. The number of rotatable bonds is 6. The van der Waals surface area contributed by atoms with Crippen LogP contribution in [0.3, 0.4) is 0 Å². The Bertz CT molecular complexity index is 729. The average Bonchev–Trinajstić information content (AvgIpc) is 2.62. The van der Waals surface area contributed by atoms with E-state index in [2.05, 4.69) is 12.2 Å². The lowest BCUT2D eigenvalue weighted by Crippen LogP contribution is -2.42. The Hall–Kier alpha value is -2.53. The molecular formula is C20H21FN2OS. The molecule has 1 N–H and O–H groups in total. The smallest absolute Gasteiger partial charge is 0.250 e. The van der Waals surface area contributed by atoms with Crippen molar-refractivity contribution in [3.8, 4) is 0 Å². The molecule has 0 aromatic heterocycles. The summed E-state index contributed by atoms with van der Waals surface area (Å²) in [5, 5.41) is 3.13. The van der Waals surface area contributed by atoms with Gasteiger partial charge in [0.25, 0.3) is 0 Å². The van der Waals surface area contributed by atoms with E-state index in [9.17, 15) is 9.18 Å². The van der Waals surface area contributed by atoms with Gasteiger partial charge in [-0.25, -0.2) is 4.39 Å². The second-order valence-corrected chi connectivity index (χ2v) is 5.97. The molecule has 0 aliphatic heterocycles. The number of carbonyl (C=O) groups is 1. The Kier molecular flexibility index (Phi) is 7.29. The minimum Gasteiger partial charge on any atom is -0.345 e. The number of carbonyl (C=O) groups excluding carboxylic acids is 1. The summed E-state index contributed by atoms with van der Waals surface area (Å²) in [5.41, 5.74) is 1.88. The molecular weight excluding hydrogens is 335 g/mol. The molecule has 130 valence electrons. The zero-order valence-corrected chi connectivity index (χ0v) is 14.9. The van der Waals surface area contributed by atoms with Crippen LogP contribution in [-0.4, -0.2) is 22.5 Å². The average molecular weight is 356 g/mol. The summed E-state index contributed by atoms with van der Waals surface area (Å²) in [6.45, 7) is 3.47. The molecule has 0 heterocycles. The van der Waals surface area contributed by atoms with Gasteiger partial charge >= 0.3 is 0 Å². The highest BCUT2D eigenvalue weighted by atomic mass is 32.1. The molecule has 2 aromatic carbocycles. The van der Waals surface area contributed by atoms with E-state index in [1.807, 2.05) is 35.2 Å². The third kappa shape index (κ3) is 6.47. The van der Waals surface area contributed by atoms with E-state index in [4.69, 9.17) is 12.2 Å². The van der Waals surface area contributed by atoms with E-state index < -0.39 is 0 Å². The first-order chi connectivity index (χ1) is 12.1. The van der Waals surface area contributed by atoms with Crippen LogP contribution in [0.25, 0.3) is 6.08 Å². The van der Waals surface area contributed by atoms with Gasteiger partial charge in [-0.1, -0.05) is 49.4 Å². The van der Waals surface area contributed by atoms with Crippen LogP contribution in [0, 0.1) is 5.82 Å². The van der Waals surface area contributed by atoms with E-state index in [0.29, 0.717) is 11.7 Å². The van der Waals surface area contributed by atoms with Crippen molar-refractivity contribution in [2.24, 2.45) is 0 Å². The maximum absolute atomic E-state index is 12.9. The van der Waals surface area contributed by atoms with E-state index in [1.54, 1.807) is 18.2 Å². The Morgan fingerprint density at radius 2 is 1.84 bits per heavy atom. The molecule has 0 radical (unpaired) electrons. The standard InChI is InChI=1S/C20H21FN2OS/c1-2-14-23(15-17-6-4-3-5-7-17)20(25)22-19(24)13-10-16-8-11-18(21)12-9-16/h3-13H,2,14-15H2,1H3,(H,22,24,25). The van der Waals surface area contributed by atoms with E-state index >= 15 is 0 Å². The zero-order valence-electron chi connectivity index (χ0n) is 14.1. The van der Waals surface area contributed by atoms with Crippen molar-refractivity contribution in [3.05, 3.63) is 77.6 Å². The van der Waals surface area contributed by atoms with E-state index in [1.165, 1.54) is 18.2 Å². The fraction of sp³-hybridized carbons (Fsp3) is 0.200. The van der Waals surface area contributed by atoms with Crippen molar-refractivity contribution in [1.82, 2.24) is 10.2 Å². The first-order valence-corrected chi connectivity index (χ1v) is 8.56. The highest BCUT2D eigenvalue weighted by Crippen LogP contribution is 2.07. The van der Waals surface area contributed by atoms with Gasteiger partial charge < -0.3 is 4.90 Å². The molecule has 3 nitrogen and oxygen atoms in total. The van der Waals surface area contributed by atoms with Crippen molar-refractivity contribution in [2.45, 2.75) is 19.9 Å². The van der Waals surface area contributed by atoms with Gasteiger partial charge in [0.2, 0.25) is 5.91 Å². The van der Waals surface area contributed by atoms with Crippen LogP contribution in [0.5, 0.6) is 0 Å². The van der Waals surface area contributed by atoms with Crippen molar-refractivity contribution in [3.63, 3.8) is 0 Å². The van der Waals surface area contributed by atoms with Crippen molar-refractivity contribution < 1.29 is 9.18 Å². The predicted octanol–water partition coefficient (Wildman–Crippen LogP) is 4.15. The van der Waals surface area contributed by atoms with Gasteiger partial charge in [0, 0.05) is 19.2 Å². The summed E-state index contributed by atoms with van der Waals surface area (Å²) in [6.07, 6.45) is 3.94. The normalized spacial score (nSPS) is 10.6. The molecule has 0 saturated carbocycles. The molecule has 0 saturated heterocycles. The van der Waals surface area contributed by atoms with E-state index in [0.717, 1.165) is 24.1 Å². The molecule has 0 atom stereocenters. The first kappa shape index (κ1) is 18.8. The topological polar surface area (TPSA) is 32.3 Å². The molecule has 2 rings (SSSR count). The van der Waals surface area contributed by atoms with Crippen molar-refractivity contribution in [2.75, 3.05) is 6.54 Å². The molecule has 0 fully saturated rings. The SMILES string of the molecule is CCCN(Cc1ccccc1)C(=S)NC(=O)C=Cc1ccc(F)cc1. The summed E-state index contributed by atoms with van der Waals surface area (Å²) in [6, 6.07) is 15.9. The van der Waals surface area contributed by atoms with Crippen LogP contribution in [0.15, 0.2) is 60.7 Å². The van der Waals surface area contributed by atoms with Gasteiger partial charge in [0.15, 0.2) is 5.11 Å². The Morgan fingerprint density at radius 1 is 1.16 bits per heavy atom. The maximum Gasteiger partial charge on any atom is 0.250 e. The molecule has 25 heavy (non-hydrogen) atoms. The van der Waals surface area contributed by atoms with Gasteiger partial charge in [-0.05, 0) is 48.0 Å². The Labute approximate surface area is 153 Å². The number of nitrogens with zero attached hydrogens (tertiary/aromatic N) is 1. The monoisotopic (exact) mass is 356 g/mol. The van der Waals surface area contributed by atoms with Crippen molar-refractivity contribution >= 4 is 29.3 Å². The Balaban J connectivity index is 1.94. The molecule has 0 aliphatic rings.